The number of alkyl halides is 3. The second kappa shape index (κ2) is 4.16. The molecule has 0 amide bonds. The summed E-state index contributed by atoms with van der Waals surface area (Å²) < 4.78 is 35.6. The molecule has 1 aromatic carbocycles. The topological polar surface area (TPSA) is 20.2 Å². The Morgan fingerprint density at radius 2 is 1.75 bits per heavy atom. The molecule has 0 bridgehead atoms. The van der Waals surface area contributed by atoms with Crippen LogP contribution < -0.4 is 29.6 Å². The quantitative estimate of drug-likeness (QED) is 0.536. The Morgan fingerprint density at radius 3 is 2.08 bits per heavy atom. The van der Waals surface area contributed by atoms with Crippen molar-refractivity contribution in [3.63, 3.8) is 0 Å². The van der Waals surface area contributed by atoms with Crippen molar-refractivity contribution in [3.8, 4) is 5.75 Å². The van der Waals surface area contributed by atoms with Gasteiger partial charge >= 0.3 is 35.7 Å². The number of rotatable bonds is 0. The fourth-order valence-corrected chi connectivity index (χ4v) is 0.682. The Bertz CT molecular complexity index is 259. The van der Waals surface area contributed by atoms with E-state index in [9.17, 15) is 13.2 Å². The molecule has 5 heteroatoms. The Labute approximate surface area is 89.5 Å². The molecule has 0 atom stereocenters. The Hall–Kier alpha value is -0.190. The maximum atomic E-state index is 11.9. The number of halogens is 3. The first-order valence-electron chi connectivity index (χ1n) is 2.86. The molecule has 1 rings (SSSR count). The molecule has 0 unspecified atom stereocenters. The third-order valence-corrected chi connectivity index (χ3v) is 1.17. The van der Waals surface area contributed by atoms with Crippen LogP contribution in [-0.4, -0.2) is 5.11 Å². The van der Waals surface area contributed by atoms with E-state index in [1.807, 2.05) is 0 Å². The first-order chi connectivity index (χ1) is 5.00. The van der Waals surface area contributed by atoms with Crippen molar-refractivity contribution in [2.75, 3.05) is 0 Å². The molecule has 0 aromatic heterocycles. The molecular formula is C7H5F3NaO+. The van der Waals surface area contributed by atoms with E-state index in [4.69, 9.17) is 5.11 Å². The van der Waals surface area contributed by atoms with Gasteiger partial charge in [0.1, 0.15) is 5.75 Å². The molecule has 1 N–H and O–H groups in total. The van der Waals surface area contributed by atoms with Crippen LogP contribution in [0.15, 0.2) is 24.3 Å². The summed E-state index contributed by atoms with van der Waals surface area (Å²) in [5, 5.41) is 8.68. The molecule has 0 spiro atoms. The molecule has 0 aliphatic carbocycles. The Balaban J connectivity index is 0.00000121. The van der Waals surface area contributed by atoms with Crippen molar-refractivity contribution in [3.05, 3.63) is 29.8 Å². The van der Waals surface area contributed by atoms with Crippen LogP contribution in [-0.2, 0) is 6.18 Å². The van der Waals surface area contributed by atoms with Crippen LogP contribution in [0.25, 0.3) is 0 Å². The molecule has 0 radical (unpaired) electrons. The summed E-state index contributed by atoms with van der Waals surface area (Å²) in [4.78, 5) is 0. The second-order valence-electron chi connectivity index (χ2n) is 2.05. The van der Waals surface area contributed by atoms with Gasteiger partial charge in [-0.05, 0) is 18.2 Å². The molecule has 1 aromatic rings. The summed E-state index contributed by atoms with van der Waals surface area (Å²) in [5.74, 6) is -0.375. The molecule has 12 heavy (non-hydrogen) atoms. The summed E-state index contributed by atoms with van der Waals surface area (Å²) in [7, 11) is 0. The van der Waals surface area contributed by atoms with Gasteiger partial charge in [-0.3, -0.25) is 0 Å². The van der Waals surface area contributed by atoms with Crippen molar-refractivity contribution < 1.29 is 47.8 Å². The van der Waals surface area contributed by atoms with Crippen LogP contribution in [0.5, 0.6) is 5.75 Å². The Morgan fingerprint density at radius 1 is 1.17 bits per heavy atom. The molecule has 0 fully saturated rings. The minimum Gasteiger partial charge on any atom is -0.508 e. The maximum absolute atomic E-state index is 11.9. The van der Waals surface area contributed by atoms with Crippen LogP contribution in [0.2, 0.25) is 0 Å². The van der Waals surface area contributed by atoms with Gasteiger partial charge in [0.15, 0.2) is 0 Å². The van der Waals surface area contributed by atoms with E-state index in [1.165, 1.54) is 6.07 Å². The van der Waals surface area contributed by atoms with E-state index in [0.29, 0.717) is 6.07 Å². The minimum absolute atomic E-state index is 0. The average Bonchev–Trinajstić information content (AvgIpc) is 1.86. The molecule has 60 valence electrons. The van der Waals surface area contributed by atoms with E-state index >= 15 is 0 Å². The van der Waals surface area contributed by atoms with Crippen LogP contribution in [0.1, 0.15) is 5.56 Å². The maximum Gasteiger partial charge on any atom is 1.00 e. The van der Waals surface area contributed by atoms with Crippen molar-refractivity contribution in [2.24, 2.45) is 0 Å². The van der Waals surface area contributed by atoms with Gasteiger partial charge in [0.2, 0.25) is 0 Å². The van der Waals surface area contributed by atoms with Crippen molar-refractivity contribution in [1.29, 1.82) is 0 Å². The van der Waals surface area contributed by atoms with Gasteiger partial charge in [-0.15, -0.1) is 0 Å². The summed E-state index contributed by atoms with van der Waals surface area (Å²) in [6.07, 6.45) is -4.38. The normalized spacial score (nSPS) is 10.6. The van der Waals surface area contributed by atoms with Gasteiger partial charge < -0.3 is 5.11 Å². The van der Waals surface area contributed by atoms with Crippen molar-refractivity contribution in [2.45, 2.75) is 6.18 Å². The monoisotopic (exact) mass is 185 g/mol. The van der Waals surface area contributed by atoms with Gasteiger partial charge in [0.25, 0.3) is 0 Å². The second-order valence-corrected chi connectivity index (χ2v) is 2.05. The molecule has 0 saturated heterocycles. The van der Waals surface area contributed by atoms with E-state index < -0.39 is 11.7 Å². The molecule has 0 aliphatic heterocycles. The van der Waals surface area contributed by atoms with Gasteiger partial charge in [-0.25, -0.2) is 0 Å². The smallest absolute Gasteiger partial charge is 0.508 e. The minimum atomic E-state index is -4.38. The van der Waals surface area contributed by atoms with E-state index in [0.717, 1.165) is 12.1 Å². The average molecular weight is 185 g/mol. The molecule has 0 heterocycles. The molecule has 1 nitrogen and oxygen atoms in total. The predicted molar refractivity (Wildman–Crippen MR) is 33.1 cm³/mol. The van der Waals surface area contributed by atoms with Gasteiger partial charge in [-0.1, -0.05) is 6.07 Å². The third kappa shape index (κ3) is 3.05. The first-order valence-corrected chi connectivity index (χ1v) is 2.86. The number of aromatic hydroxyl groups is 1. The number of hydrogen-bond acceptors (Lipinski definition) is 1. The number of benzene rings is 1. The summed E-state index contributed by atoms with van der Waals surface area (Å²) in [5.41, 5.74) is -0.836. The first kappa shape index (κ1) is 11.8. The molecular weight excluding hydrogens is 180 g/mol. The standard InChI is InChI=1S/C7H5F3O.Na/c8-7(9,10)5-2-1-3-6(11)4-5;/h1-4,11H;/q;+1. The van der Waals surface area contributed by atoms with Crippen LogP contribution in [0.3, 0.4) is 0 Å². The van der Waals surface area contributed by atoms with Gasteiger partial charge in [0.05, 0.1) is 5.56 Å². The number of phenols is 1. The van der Waals surface area contributed by atoms with E-state index in [2.05, 4.69) is 0 Å². The number of hydrogen-bond donors (Lipinski definition) is 1. The summed E-state index contributed by atoms with van der Waals surface area (Å²) >= 11 is 0. The fourth-order valence-electron chi connectivity index (χ4n) is 0.682. The van der Waals surface area contributed by atoms with E-state index in [-0.39, 0.29) is 35.3 Å². The zero-order valence-electron chi connectivity index (χ0n) is 6.39. The SMILES string of the molecule is Oc1cccc(C(F)(F)F)c1.[Na+]. The third-order valence-electron chi connectivity index (χ3n) is 1.17. The number of phenolic OH excluding ortho intramolecular Hbond substituents is 1. The molecule has 0 saturated carbocycles. The molecule has 0 aliphatic rings. The summed E-state index contributed by atoms with van der Waals surface area (Å²) in [6, 6.07) is 3.92. The van der Waals surface area contributed by atoms with Gasteiger partial charge in [0, 0.05) is 0 Å². The Kier molecular flexibility index (Phi) is 4.10. The van der Waals surface area contributed by atoms with Gasteiger partial charge in [-0.2, -0.15) is 13.2 Å². The van der Waals surface area contributed by atoms with Crippen LogP contribution >= 0.6 is 0 Å². The van der Waals surface area contributed by atoms with Crippen molar-refractivity contribution in [1.82, 2.24) is 0 Å². The van der Waals surface area contributed by atoms with E-state index in [1.54, 1.807) is 0 Å². The zero-order chi connectivity index (χ0) is 8.48. The summed E-state index contributed by atoms with van der Waals surface area (Å²) in [6.45, 7) is 0. The van der Waals surface area contributed by atoms with Crippen LogP contribution in [0, 0.1) is 0 Å². The predicted octanol–water partition coefficient (Wildman–Crippen LogP) is -0.585. The zero-order valence-corrected chi connectivity index (χ0v) is 8.39. The largest absolute Gasteiger partial charge is 1.00 e. The van der Waals surface area contributed by atoms with Crippen LogP contribution in [0.4, 0.5) is 13.2 Å². The van der Waals surface area contributed by atoms with Crippen molar-refractivity contribution >= 4 is 0 Å². The fraction of sp³-hybridized carbons (Fsp3) is 0.143.